The van der Waals surface area contributed by atoms with E-state index < -0.39 is 5.97 Å². The first-order valence-electron chi connectivity index (χ1n) is 7.11. The van der Waals surface area contributed by atoms with Crippen molar-refractivity contribution in [2.45, 2.75) is 19.9 Å². The smallest absolute Gasteiger partial charge is 0.305 e. The van der Waals surface area contributed by atoms with Gasteiger partial charge in [0.15, 0.2) is 0 Å². The fraction of sp³-hybridized carbons (Fsp3) is 0.222. The molecule has 0 saturated heterocycles. The molecule has 0 aromatic heterocycles. The molecule has 0 atom stereocenters. The van der Waals surface area contributed by atoms with Crippen molar-refractivity contribution in [3.8, 4) is 6.07 Å². The molecule has 0 aliphatic carbocycles. The monoisotopic (exact) mass is 294 g/mol. The Hall–Kier alpha value is -2.80. The number of carbonyl (C=O) groups is 1. The number of benzene rings is 2. The zero-order valence-corrected chi connectivity index (χ0v) is 12.5. The van der Waals surface area contributed by atoms with Gasteiger partial charge in [0.05, 0.1) is 18.1 Å². The summed E-state index contributed by atoms with van der Waals surface area (Å²) in [6.07, 6.45) is 0.0752. The molecule has 4 heteroatoms. The van der Waals surface area contributed by atoms with Gasteiger partial charge >= 0.3 is 5.97 Å². The molecule has 0 bridgehead atoms. The molecular formula is C18H18N2O2. The van der Waals surface area contributed by atoms with E-state index in [4.69, 9.17) is 10.4 Å². The Kier molecular flexibility index (Phi) is 5.16. The van der Waals surface area contributed by atoms with E-state index >= 15 is 0 Å². The number of aryl methyl sites for hydroxylation is 1. The fourth-order valence-electron chi connectivity index (χ4n) is 2.25. The Morgan fingerprint density at radius 3 is 2.59 bits per heavy atom. The topological polar surface area (TPSA) is 64.3 Å². The summed E-state index contributed by atoms with van der Waals surface area (Å²) in [6, 6.07) is 17.5. The second-order valence-electron chi connectivity index (χ2n) is 5.21. The van der Waals surface area contributed by atoms with Crippen LogP contribution in [-0.2, 0) is 11.3 Å². The van der Waals surface area contributed by atoms with E-state index in [-0.39, 0.29) is 6.42 Å². The predicted octanol–water partition coefficient (Wildman–Crippen LogP) is 3.35. The van der Waals surface area contributed by atoms with Crippen molar-refractivity contribution < 1.29 is 9.90 Å². The van der Waals surface area contributed by atoms with Gasteiger partial charge in [-0.2, -0.15) is 5.26 Å². The van der Waals surface area contributed by atoms with Crippen molar-refractivity contribution >= 4 is 11.7 Å². The van der Waals surface area contributed by atoms with Crippen LogP contribution in [0.2, 0.25) is 0 Å². The average Bonchev–Trinajstić information content (AvgIpc) is 2.52. The standard InChI is InChI=1S/C18H18N2O2/c1-14-5-7-17(8-6-14)20(10-9-18(21)22)13-16-4-2-3-15(11-16)12-19/h2-8,11H,9-10,13H2,1H3,(H,21,22). The van der Waals surface area contributed by atoms with Gasteiger partial charge in [0.1, 0.15) is 0 Å². The summed E-state index contributed by atoms with van der Waals surface area (Å²) >= 11 is 0. The Balaban J connectivity index is 2.21. The van der Waals surface area contributed by atoms with Gasteiger partial charge < -0.3 is 10.0 Å². The molecule has 2 aromatic carbocycles. The summed E-state index contributed by atoms with van der Waals surface area (Å²) in [4.78, 5) is 12.9. The third kappa shape index (κ3) is 4.35. The van der Waals surface area contributed by atoms with Crippen molar-refractivity contribution in [3.05, 3.63) is 65.2 Å². The summed E-state index contributed by atoms with van der Waals surface area (Å²) in [5.74, 6) is -0.817. The number of hydrogen-bond acceptors (Lipinski definition) is 3. The minimum Gasteiger partial charge on any atom is -0.481 e. The highest BCUT2D eigenvalue weighted by Crippen LogP contribution is 2.19. The first-order chi connectivity index (χ1) is 10.6. The quantitative estimate of drug-likeness (QED) is 0.887. The summed E-state index contributed by atoms with van der Waals surface area (Å²) in [5.41, 5.74) is 3.74. The van der Waals surface area contributed by atoms with Crippen molar-refractivity contribution in [1.29, 1.82) is 5.26 Å². The van der Waals surface area contributed by atoms with Gasteiger partial charge in [-0.3, -0.25) is 4.79 Å². The van der Waals surface area contributed by atoms with Crippen LogP contribution in [0.15, 0.2) is 48.5 Å². The third-order valence-corrected chi connectivity index (χ3v) is 3.42. The second-order valence-corrected chi connectivity index (χ2v) is 5.21. The van der Waals surface area contributed by atoms with Gasteiger partial charge in [0.2, 0.25) is 0 Å². The number of aliphatic carboxylic acids is 1. The average molecular weight is 294 g/mol. The number of nitriles is 1. The number of rotatable bonds is 6. The van der Waals surface area contributed by atoms with Gasteiger partial charge in [-0.05, 0) is 36.8 Å². The van der Waals surface area contributed by atoms with Crippen molar-refractivity contribution in [1.82, 2.24) is 0 Å². The number of carboxylic acid groups (broad SMARTS) is 1. The van der Waals surface area contributed by atoms with Crippen LogP contribution in [0, 0.1) is 18.3 Å². The zero-order valence-electron chi connectivity index (χ0n) is 12.5. The summed E-state index contributed by atoms with van der Waals surface area (Å²) in [7, 11) is 0. The van der Waals surface area contributed by atoms with Crippen LogP contribution in [-0.4, -0.2) is 17.6 Å². The largest absolute Gasteiger partial charge is 0.481 e. The molecule has 1 N–H and O–H groups in total. The SMILES string of the molecule is Cc1ccc(N(CCC(=O)O)Cc2cccc(C#N)c2)cc1. The first-order valence-corrected chi connectivity index (χ1v) is 7.11. The molecule has 22 heavy (non-hydrogen) atoms. The highest BCUT2D eigenvalue weighted by Gasteiger charge is 2.10. The molecule has 112 valence electrons. The number of hydrogen-bond donors (Lipinski definition) is 1. The van der Waals surface area contributed by atoms with Crippen molar-refractivity contribution in [3.63, 3.8) is 0 Å². The van der Waals surface area contributed by atoms with E-state index in [9.17, 15) is 4.79 Å². The molecule has 0 fully saturated rings. The van der Waals surface area contributed by atoms with Gasteiger partial charge in [-0.1, -0.05) is 29.8 Å². The summed E-state index contributed by atoms with van der Waals surface area (Å²) in [6.45, 7) is 3.02. The molecule has 0 amide bonds. The summed E-state index contributed by atoms with van der Waals surface area (Å²) in [5, 5.41) is 17.9. The Labute approximate surface area is 130 Å². The van der Waals surface area contributed by atoms with Crippen LogP contribution in [0.3, 0.4) is 0 Å². The third-order valence-electron chi connectivity index (χ3n) is 3.42. The highest BCUT2D eigenvalue weighted by molar-refractivity contribution is 5.67. The van der Waals surface area contributed by atoms with Crippen molar-refractivity contribution in [2.24, 2.45) is 0 Å². The van der Waals surface area contributed by atoms with Gasteiger partial charge in [0, 0.05) is 18.8 Å². The Morgan fingerprint density at radius 2 is 1.95 bits per heavy atom. The van der Waals surface area contributed by atoms with Crippen LogP contribution in [0.25, 0.3) is 0 Å². The predicted molar refractivity (Wildman–Crippen MR) is 85.6 cm³/mol. The van der Waals surface area contributed by atoms with Crippen LogP contribution < -0.4 is 4.90 Å². The molecule has 0 heterocycles. The van der Waals surface area contributed by atoms with Crippen LogP contribution in [0.4, 0.5) is 5.69 Å². The maximum Gasteiger partial charge on any atom is 0.305 e. The van der Waals surface area contributed by atoms with Gasteiger partial charge in [0.25, 0.3) is 0 Å². The number of carboxylic acids is 1. The Morgan fingerprint density at radius 1 is 1.23 bits per heavy atom. The minimum atomic E-state index is -0.817. The highest BCUT2D eigenvalue weighted by atomic mass is 16.4. The van der Waals surface area contributed by atoms with E-state index in [0.717, 1.165) is 16.8 Å². The summed E-state index contributed by atoms with van der Waals surface area (Å²) < 4.78 is 0. The Bertz CT molecular complexity index is 687. The normalized spacial score (nSPS) is 10.0. The molecule has 0 saturated carbocycles. The lowest BCUT2D eigenvalue weighted by molar-refractivity contribution is -0.136. The molecule has 0 aliphatic rings. The van der Waals surface area contributed by atoms with E-state index in [0.29, 0.717) is 18.7 Å². The van der Waals surface area contributed by atoms with Crippen LogP contribution in [0.1, 0.15) is 23.1 Å². The molecule has 0 unspecified atom stereocenters. The van der Waals surface area contributed by atoms with E-state index in [1.807, 2.05) is 54.3 Å². The van der Waals surface area contributed by atoms with E-state index in [1.54, 1.807) is 6.07 Å². The van der Waals surface area contributed by atoms with Crippen LogP contribution in [0.5, 0.6) is 0 Å². The maximum absolute atomic E-state index is 10.9. The molecule has 0 radical (unpaired) electrons. The van der Waals surface area contributed by atoms with Gasteiger partial charge in [-0.25, -0.2) is 0 Å². The number of anilines is 1. The lowest BCUT2D eigenvalue weighted by Gasteiger charge is -2.24. The first kappa shape index (κ1) is 15.6. The molecule has 0 spiro atoms. The second kappa shape index (κ2) is 7.28. The van der Waals surface area contributed by atoms with E-state index in [1.165, 1.54) is 0 Å². The van der Waals surface area contributed by atoms with E-state index in [2.05, 4.69) is 6.07 Å². The van der Waals surface area contributed by atoms with Crippen molar-refractivity contribution in [2.75, 3.05) is 11.4 Å². The molecule has 2 rings (SSSR count). The molecule has 0 aliphatic heterocycles. The van der Waals surface area contributed by atoms with Gasteiger partial charge in [-0.15, -0.1) is 0 Å². The molecule has 2 aromatic rings. The molecule has 4 nitrogen and oxygen atoms in total. The lowest BCUT2D eigenvalue weighted by Crippen LogP contribution is -2.25. The van der Waals surface area contributed by atoms with Crippen LogP contribution >= 0.6 is 0 Å². The fourth-order valence-corrected chi connectivity index (χ4v) is 2.25. The zero-order chi connectivity index (χ0) is 15.9. The minimum absolute atomic E-state index is 0.0752. The molecular weight excluding hydrogens is 276 g/mol. The lowest BCUT2D eigenvalue weighted by atomic mass is 10.1. The number of nitrogens with zero attached hydrogens (tertiary/aromatic N) is 2. The maximum atomic E-state index is 10.9.